The first kappa shape index (κ1) is 9.26. The van der Waals surface area contributed by atoms with E-state index in [1.54, 1.807) is 18.2 Å². The molecule has 2 rings (SSSR count). The number of aromatic nitrogens is 1. The van der Waals surface area contributed by atoms with Gasteiger partial charge < -0.3 is 15.2 Å². The molecule has 0 unspecified atom stereocenters. The molecule has 2 N–H and O–H groups in total. The van der Waals surface area contributed by atoms with E-state index in [0.29, 0.717) is 11.1 Å². The Morgan fingerprint density at radius 3 is 2.67 bits per heavy atom. The van der Waals surface area contributed by atoms with E-state index in [4.69, 9.17) is 0 Å². The molecule has 0 aliphatic carbocycles. The van der Waals surface area contributed by atoms with Crippen LogP contribution in [0.4, 0.5) is 5.82 Å². The highest BCUT2D eigenvalue weighted by molar-refractivity contribution is 5.71. The molecule has 0 saturated heterocycles. The molecule has 15 heavy (non-hydrogen) atoms. The van der Waals surface area contributed by atoms with E-state index >= 15 is 0 Å². The van der Waals surface area contributed by atoms with E-state index in [-0.39, 0.29) is 11.6 Å². The highest BCUT2D eigenvalue weighted by Crippen LogP contribution is 2.30. The van der Waals surface area contributed by atoms with E-state index in [1.165, 1.54) is 18.3 Å². The second-order valence-electron chi connectivity index (χ2n) is 3.05. The van der Waals surface area contributed by atoms with Crippen LogP contribution in [0.5, 0.6) is 5.75 Å². The average molecular weight is 204 g/mol. The maximum absolute atomic E-state index is 10.4. The average Bonchev–Trinajstić information content (AvgIpc) is 2.67. The largest absolute Gasteiger partial charge is 0.507 e. The first-order valence-corrected chi connectivity index (χ1v) is 4.29. The maximum Gasteiger partial charge on any atom is 0.321 e. The van der Waals surface area contributed by atoms with Crippen molar-refractivity contribution >= 4 is 5.82 Å². The Kier molecular flexibility index (Phi) is 2.13. The number of aromatic amines is 1. The Hall–Kier alpha value is -2.30. The van der Waals surface area contributed by atoms with Crippen molar-refractivity contribution < 1.29 is 10.0 Å². The van der Waals surface area contributed by atoms with Crippen LogP contribution in [-0.4, -0.2) is 15.0 Å². The molecule has 0 spiro atoms. The number of aromatic hydroxyl groups is 1. The van der Waals surface area contributed by atoms with Crippen LogP contribution >= 0.6 is 0 Å². The van der Waals surface area contributed by atoms with Crippen molar-refractivity contribution in [1.29, 1.82) is 0 Å². The number of phenolic OH excluding ortho intramolecular Hbond substituents is 1. The summed E-state index contributed by atoms with van der Waals surface area (Å²) in [5, 5.41) is 20.0. The predicted octanol–water partition coefficient (Wildman–Crippen LogP) is 2.30. The number of benzene rings is 1. The minimum atomic E-state index is -0.510. The van der Waals surface area contributed by atoms with Gasteiger partial charge in [0.2, 0.25) is 0 Å². The lowest BCUT2D eigenvalue weighted by Gasteiger charge is -1.98. The molecule has 0 saturated carbocycles. The van der Waals surface area contributed by atoms with Crippen LogP contribution < -0.4 is 0 Å². The number of para-hydroxylation sites is 1. The van der Waals surface area contributed by atoms with Crippen molar-refractivity contribution in [2.24, 2.45) is 0 Å². The van der Waals surface area contributed by atoms with Crippen LogP contribution in [0.2, 0.25) is 0 Å². The van der Waals surface area contributed by atoms with E-state index < -0.39 is 4.92 Å². The van der Waals surface area contributed by atoms with Crippen molar-refractivity contribution in [3.63, 3.8) is 0 Å². The quantitative estimate of drug-likeness (QED) is 0.581. The summed E-state index contributed by atoms with van der Waals surface area (Å²) in [6, 6.07) is 8.07. The van der Waals surface area contributed by atoms with Crippen molar-refractivity contribution in [2.45, 2.75) is 0 Å². The van der Waals surface area contributed by atoms with Gasteiger partial charge in [0, 0.05) is 17.2 Å². The summed E-state index contributed by atoms with van der Waals surface area (Å²) in [5.74, 6) is 0.0136. The minimum absolute atomic E-state index is 0.0896. The summed E-state index contributed by atoms with van der Waals surface area (Å²) in [6.45, 7) is 0. The number of nitro groups is 1. The number of H-pyrrole nitrogens is 1. The van der Waals surface area contributed by atoms with Gasteiger partial charge in [0.15, 0.2) is 0 Å². The van der Waals surface area contributed by atoms with Crippen LogP contribution in [0.15, 0.2) is 36.5 Å². The normalized spacial score (nSPS) is 10.1. The van der Waals surface area contributed by atoms with Crippen LogP contribution in [0.25, 0.3) is 11.1 Å². The Bertz CT molecular complexity index is 505. The summed E-state index contributed by atoms with van der Waals surface area (Å²) < 4.78 is 0. The van der Waals surface area contributed by atoms with Gasteiger partial charge in [-0.3, -0.25) is 0 Å². The maximum atomic E-state index is 10.4. The van der Waals surface area contributed by atoms with Crippen molar-refractivity contribution in [3.05, 3.63) is 46.6 Å². The van der Waals surface area contributed by atoms with Crippen LogP contribution in [0, 0.1) is 10.1 Å². The lowest BCUT2D eigenvalue weighted by molar-refractivity contribution is -0.389. The summed E-state index contributed by atoms with van der Waals surface area (Å²) in [5.41, 5.74) is 1.17. The van der Waals surface area contributed by atoms with Gasteiger partial charge in [-0.25, -0.2) is 4.98 Å². The fourth-order valence-electron chi connectivity index (χ4n) is 1.36. The third-order valence-electron chi connectivity index (χ3n) is 2.08. The Balaban J connectivity index is 2.46. The standard InChI is InChI=1S/C10H8N2O3/c13-9-4-2-1-3-8(9)7-5-10(11-6-7)12(14)15/h1-6,11,13H. The zero-order chi connectivity index (χ0) is 10.8. The number of phenols is 1. The molecular formula is C10H8N2O3. The lowest BCUT2D eigenvalue weighted by atomic mass is 10.1. The summed E-state index contributed by atoms with van der Waals surface area (Å²) >= 11 is 0. The Labute approximate surface area is 85.1 Å². The van der Waals surface area contributed by atoms with Crippen molar-refractivity contribution in [3.8, 4) is 16.9 Å². The van der Waals surface area contributed by atoms with Gasteiger partial charge in [-0.2, -0.15) is 0 Å². The molecule has 0 radical (unpaired) electrons. The van der Waals surface area contributed by atoms with E-state index in [0.717, 1.165) is 0 Å². The minimum Gasteiger partial charge on any atom is -0.507 e. The van der Waals surface area contributed by atoms with Gasteiger partial charge in [0.25, 0.3) is 0 Å². The molecule has 76 valence electrons. The molecule has 1 heterocycles. The first-order chi connectivity index (χ1) is 7.18. The zero-order valence-electron chi connectivity index (χ0n) is 7.68. The van der Waals surface area contributed by atoms with Gasteiger partial charge in [-0.05, 0) is 11.0 Å². The summed E-state index contributed by atoms with van der Waals surface area (Å²) in [4.78, 5) is 12.5. The highest BCUT2D eigenvalue weighted by Gasteiger charge is 2.11. The van der Waals surface area contributed by atoms with Crippen LogP contribution in [-0.2, 0) is 0 Å². The van der Waals surface area contributed by atoms with Crippen molar-refractivity contribution in [2.75, 3.05) is 0 Å². The molecule has 5 heteroatoms. The molecule has 0 aliphatic heterocycles. The molecule has 0 aliphatic rings. The molecule has 0 bridgehead atoms. The molecule has 1 aromatic heterocycles. The van der Waals surface area contributed by atoms with Crippen LogP contribution in [0.3, 0.4) is 0 Å². The number of hydrogen-bond acceptors (Lipinski definition) is 3. The Morgan fingerprint density at radius 2 is 2.07 bits per heavy atom. The molecule has 0 atom stereocenters. The fraction of sp³-hybridized carbons (Fsp3) is 0. The van der Waals surface area contributed by atoms with Gasteiger partial charge in [-0.1, -0.05) is 18.2 Å². The zero-order valence-corrected chi connectivity index (χ0v) is 7.68. The SMILES string of the molecule is O=[N+]([O-])c1cc(-c2ccccc2O)c[nH]1. The van der Waals surface area contributed by atoms with E-state index in [2.05, 4.69) is 4.98 Å². The molecule has 5 nitrogen and oxygen atoms in total. The van der Waals surface area contributed by atoms with Gasteiger partial charge in [-0.15, -0.1) is 0 Å². The second-order valence-corrected chi connectivity index (χ2v) is 3.05. The highest BCUT2D eigenvalue weighted by atomic mass is 16.6. The monoisotopic (exact) mass is 204 g/mol. The van der Waals surface area contributed by atoms with Gasteiger partial charge in [0.05, 0.1) is 6.20 Å². The third-order valence-corrected chi connectivity index (χ3v) is 2.08. The number of rotatable bonds is 2. The summed E-state index contributed by atoms with van der Waals surface area (Å²) in [6.07, 6.45) is 1.49. The molecule has 0 fully saturated rings. The van der Waals surface area contributed by atoms with E-state index in [1.807, 2.05) is 0 Å². The van der Waals surface area contributed by atoms with Crippen LogP contribution in [0.1, 0.15) is 0 Å². The van der Waals surface area contributed by atoms with E-state index in [9.17, 15) is 15.2 Å². The lowest BCUT2D eigenvalue weighted by Crippen LogP contribution is -1.85. The molecule has 2 aromatic rings. The number of nitrogens with zero attached hydrogens (tertiary/aromatic N) is 1. The topological polar surface area (TPSA) is 79.2 Å². The summed E-state index contributed by atoms with van der Waals surface area (Å²) in [7, 11) is 0. The molecular weight excluding hydrogens is 196 g/mol. The second kappa shape index (κ2) is 3.45. The first-order valence-electron chi connectivity index (χ1n) is 4.29. The molecule has 0 amide bonds. The third kappa shape index (κ3) is 1.67. The molecule has 1 aromatic carbocycles. The van der Waals surface area contributed by atoms with Gasteiger partial charge >= 0.3 is 5.82 Å². The smallest absolute Gasteiger partial charge is 0.321 e. The van der Waals surface area contributed by atoms with Gasteiger partial charge in [0.1, 0.15) is 5.75 Å². The van der Waals surface area contributed by atoms with Crippen molar-refractivity contribution in [1.82, 2.24) is 4.98 Å². The predicted molar refractivity (Wildman–Crippen MR) is 54.5 cm³/mol. The number of hydrogen-bond donors (Lipinski definition) is 2. The Morgan fingerprint density at radius 1 is 1.33 bits per heavy atom. The fourth-order valence-corrected chi connectivity index (χ4v) is 1.36. The number of nitrogens with one attached hydrogen (secondary N) is 1.